The van der Waals surface area contributed by atoms with E-state index >= 15 is 0 Å². The van der Waals surface area contributed by atoms with Crippen molar-refractivity contribution in [3.05, 3.63) is 35.7 Å². The van der Waals surface area contributed by atoms with Gasteiger partial charge in [0, 0.05) is 11.8 Å². The Morgan fingerprint density at radius 2 is 2.05 bits per heavy atom. The number of ether oxygens (including phenoxy) is 1. The Morgan fingerprint density at radius 1 is 1.19 bits per heavy atom. The maximum atomic E-state index is 5.38. The van der Waals surface area contributed by atoms with Crippen molar-refractivity contribution in [2.75, 3.05) is 7.11 Å². The molecule has 1 aromatic carbocycles. The van der Waals surface area contributed by atoms with Crippen molar-refractivity contribution in [3.8, 4) is 17.3 Å². The number of hydrogen-bond donors (Lipinski definition) is 0. The summed E-state index contributed by atoms with van der Waals surface area (Å²) >= 11 is 0. The summed E-state index contributed by atoms with van der Waals surface area (Å²) in [6.45, 7) is 4.11. The molecular weight excluding hydrogens is 266 g/mol. The van der Waals surface area contributed by atoms with Gasteiger partial charge in [-0.1, -0.05) is 24.2 Å². The van der Waals surface area contributed by atoms with Crippen LogP contribution in [0.4, 0.5) is 0 Å². The second kappa shape index (κ2) is 5.52. The van der Waals surface area contributed by atoms with E-state index in [4.69, 9.17) is 9.26 Å². The first-order chi connectivity index (χ1) is 10.2. The van der Waals surface area contributed by atoms with Crippen LogP contribution < -0.4 is 4.74 Å². The lowest BCUT2D eigenvalue weighted by atomic mass is 10.1. The first-order valence-corrected chi connectivity index (χ1v) is 6.99. The van der Waals surface area contributed by atoms with Crippen molar-refractivity contribution in [1.82, 2.24) is 15.1 Å². The van der Waals surface area contributed by atoms with Crippen LogP contribution in [0.5, 0.6) is 5.88 Å². The van der Waals surface area contributed by atoms with Gasteiger partial charge in [-0.15, -0.1) is 0 Å². The normalized spacial score (nSPS) is 11.0. The van der Waals surface area contributed by atoms with Gasteiger partial charge in [0.25, 0.3) is 0 Å². The third-order valence-corrected chi connectivity index (χ3v) is 3.30. The highest BCUT2D eigenvalue weighted by molar-refractivity contribution is 5.85. The van der Waals surface area contributed by atoms with Gasteiger partial charge in [0.15, 0.2) is 0 Å². The Kier molecular flexibility index (Phi) is 3.56. The van der Waals surface area contributed by atoms with Crippen LogP contribution in [-0.4, -0.2) is 22.2 Å². The van der Waals surface area contributed by atoms with Crippen LogP contribution in [0.1, 0.15) is 24.8 Å². The first-order valence-electron chi connectivity index (χ1n) is 6.99. The highest BCUT2D eigenvalue weighted by Gasteiger charge is 2.15. The van der Waals surface area contributed by atoms with Crippen molar-refractivity contribution in [2.24, 2.45) is 0 Å². The highest BCUT2D eigenvalue weighted by Crippen LogP contribution is 2.30. The quantitative estimate of drug-likeness (QED) is 0.732. The molecule has 0 amide bonds. The predicted molar refractivity (Wildman–Crippen MR) is 80.3 cm³/mol. The molecule has 2 heterocycles. The van der Waals surface area contributed by atoms with Crippen LogP contribution in [-0.2, 0) is 6.42 Å². The topological polar surface area (TPSA) is 61.0 Å². The summed E-state index contributed by atoms with van der Waals surface area (Å²) in [4.78, 5) is 8.95. The van der Waals surface area contributed by atoms with Crippen LogP contribution in [0.2, 0.25) is 0 Å². The van der Waals surface area contributed by atoms with Crippen LogP contribution in [0, 0.1) is 6.92 Å². The van der Waals surface area contributed by atoms with E-state index in [0.717, 1.165) is 34.9 Å². The predicted octanol–water partition coefficient (Wildman–Crippen LogP) is 3.55. The molecule has 3 aromatic rings. The number of aryl methyl sites for hydroxylation is 2. The molecule has 3 rings (SSSR count). The summed E-state index contributed by atoms with van der Waals surface area (Å²) < 4.78 is 10.6. The van der Waals surface area contributed by atoms with E-state index < -0.39 is 0 Å². The summed E-state index contributed by atoms with van der Waals surface area (Å²) in [6.07, 6.45) is 1.74. The van der Waals surface area contributed by atoms with Crippen LogP contribution in [0.25, 0.3) is 22.3 Å². The maximum Gasteiger partial charge on any atom is 0.226 e. The number of fused-ring (bicyclic) bond motifs is 1. The largest absolute Gasteiger partial charge is 0.480 e. The van der Waals surface area contributed by atoms with Crippen molar-refractivity contribution in [1.29, 1.82) is 0 Å². The SMILES string of the molecule is CCCc1nc(-c2cc3ccc(C)cc3nc2OC)no1. The molecule has 0 spiro atoms. The van der Waals surface area contributed by atoms with Crippen molar-refractivity contribution in [3.63, 3.8) is 0 Å². The molecule has 0 aliphatic heterocycles. The number of nitrogens with zero attached hydrogens (tertiary/aromatic N) is 3. The van der Waals surface area contributed by atoms with E-state index in [1.54, 1.807) is 7.11 Å². The molecule has 0 N–H and O–H groups in total. The van der Waals surface area contributed by atoms with Gasteiger partial charge in [0.1, 0.15) is 0 Å². The Morgan fingerprint density at radius 3 is 2.81 bits per heavy atom. The lowest BCUT2D eigenvalue weighted by Gasteiger charge is -2.07. The van der Waals surface area contributed by atoms with Gasteiger partial charge in [-0.05, 0) is 31.0 Å². The fraction of sp³-hybridized carbons (Fsp3) is 0.312. The molecule has 0 saturated heterocycles. The molecule has 0 unspecified atom stereocenters. The Bertz CT molecular complexity index is 780. The molecule has 108 valence electrons. The summed E-state index contributed by atoms with van der Waals surface area (Å²) in [5.41, 5.74) is 2.81. The molecule has 0 atom stereocenters. The minimum atomic E-state index is 0.511. The minimum absolute atomic E-state index is 0.511. The first kappa shape index (κ1) is 13.5. The lowest BCUT2D eigenvalue weighted by Crippen LogP contribution is -1.94. The number of aromatic nitrogens is 3. The summed E-state index contributed by atoms with van der Waals surface area (Å²) in [5.74, 6) is 1.67. The summed E-state index contributed by atoms with van der Waals surface area (Å²) in [6, 6.07) is 8.11. The third-order valence-electron chi connectivity index (χ3n) is 3.30. The fourth-order valence-electron chi connectivity index (χ4n) is 2.25. The molecule has 0 aliphatic carbocycles. The van der Waals surface area contributed by atoms with Gasteiger partial charge < -0.3 is 9.26 Å². The summed E-state index contributed by atoms with van der Waals surface area (Å²) in [7, 11) is 1.60. The van der Waals surface area contributed by atoms with Gasteiger partial charge in [-0.3, -0.25) is 0 Å². The Hall–Kier alpha value is -2.43. The zero-order valence-corrected chi connectivity index (χ0v) is 12.4. The van der Waals surface area contributed by atoms with E-state index in [2.05, 4.69) is 28.1 Å². The van der Waals surface area contributed by atoms with Gasteiger partial charge in [0.2, 0.25) is 17.6 Å². The van der Waals surface area contributed by atoms with Crippen molar-refractivity contribution >= 4 is 10.9 Å². The van der Waals surface area contributed by atoms with Gasteiger partial charge >= 0.3 is 0 Å². The van der Waals surface area contributed by atoms with E-state index in [-0.39, 0.29) is 0 Å². The fourth-order valence-corrected chi connectivity index (χ4v) is 2.25. The third kappa shape index (κ3) is 2.59. The molecule has 5 heteroatoms. The average molecular weight is 283 g/mol. The van der Waals surface area contributed by atoms with Crippen molar-refractivity contribution in [2.45, 2.75) is 26.7 Å². The second-order valence-electron chi connectivity index (χ2n) is 5.00. The molecule has 0 bridgehead atoms. The van der Waals surface area contributed by atoms with Crippen molar-refractivity contribution < 1.29 is 9.26 Å². The van der Waals surface area contributed by atoms with E-state index in [1.807, 2.05) is 25.1 Å². The molecular formula is C16H17N3O2. The molecule has 2 aromatic heterocycles. The van der Waals surface area contributed by atoms with Gasteiger partial charge in [0.05, 0.1) is 18.2 Å². The number of rotatable bonds is 4. The molecule has 0 aliphatic rings. The number of hydrogen-bond acceptors (Lipinski definition) is 5. The Balaban J connectivity index is 2.13. The molecule has 21 heavy (non-hydrogen) atoms. The van der Waals surface area contributed by atoms with Crippen LogP contribution >= 0.6 is 0 Å². The second-order valence-corrected chi connectivity index (χ2v) is 5.00. The maximum absolute atomic E-state index is 5.38. The van der Waals surface area contributed by atoms with Gasteiger partial charge in [-0.25, -0.2) is 4.98 Å². The Labute approximate surface area is 123 Å². The smallest absolute Gasteiger partial charge is 0.226 e. The molecule has 5 nitrogen and oxygen atoms in total. The monoisotopic (exact) mass is 283 g/mol. The standard InChI is InChI=1S/C16H17N3O2/c1-4-5-14-18-15(19-21-14)12-9-11-7-6-10(2)8-13(11)17-16(12)20-3/h6-9H,4-5H2,1-3H3. The number of methoxy groups -OCH3 is 1. The van der Waals surface area contributed by atoms with E-state index in [1.165, 1.54) is 0 Å². The van der Waals surface area contributed by atoms with Crippen LogP contribution in [0.15, 0.2) is 28.8 Å². The number of pyridine rings is 1. The molecule has 0 radical (unpaired) electrons. The minimum Gasteiger partial charge on any atom is -0.480 e. The van der Waals surface area contributed by atoms with E-state index in [0.29, 0.717) is 17.6 Å². The zero-order valence-electron chi connectivity index (χ0n) is 12.4. The zero-order chi connectivity index (χ0) is 14.8. The van der Waals surface area contributed by atoms with E-state index in [9.17, 15) is 0 Å². The molecule has 0 saturated carbocycles. The summed E-state index contributed by atoms with van der Waals surface area (Å²) in [5, 5.41) is 5.06. The highest BCUT2D eigenvalue weighted by atomic mass is 16.5. The van der Waals surface area contributed by atoms with Crippen LogP contribution in [0.3, 0.4) is 0 Å². The van der Waals surface area contributed by atoms with Gasteiger partial charge in [-0.2, -0.15) is 4.98 Å². The number of benzene rings is 1. The average Bonchev–Trinajstić information content (AvgIpc) is 2.94. The lowest BCUT2D eigenvalue weighted by molar-refractivity contribution is 0.376. The molecule has 0 fully saturated rings.